The number of benzene rings is 1. The van der Waals surface area contributed by atoms with Crippen molar-refractivity contribution >= 4 is 0 Å². The molecule has 0 saturated heterocycles. The van der Waals surface area contributed by atoms with E-state index in [4.69, 9.17) is 4.74 Å². The molecule has 0 fully saturated rings. The van der Waals surface area contributed by atoms with E-state index in [1.54, 1.807) is 0 Å². The summed E-state index contributed by atoms with van der Waals surface area (Å²) in [5, 5.41) is 3.46. The highest BCUT2D eigenvalue weighted by Crippen LogP contribution is 2.21. The molecular formula is C16H23NO. The zero-order valence-corrected chi connectivity index (χ0v) is 11.6. The lowest BCUT2D eigenvalue weighted by Gasteiger charge is -2.16. The minimum atomic E-state index is 0.285. The van der Waals surface area contributed by atoms with Crippen LogP contribution in [0.4, 0.5) is 0 Å². The Morgan fingerprint density at radius 3 is 2.83 bits per heavy atom. The van der Waals surface area contributed by atoms with Crippen LogP contribution in [0.25, 0.3) is 0 Å². The fourth-order valence-electron chi connectivity index (χ4n) is 1.80. The molecular weight excluding hydrogens is 222 g/mol. The maximum atomic E-state index is 5.66. The first kappa shape index (κ1) is 14.6. The fourth-order valence-corrected chi connectivity index (χ4v) is 1.80. The second-order valence-corrected chi connectivity index (χ2v) is 4.16. The molecule has 98 valence electrons. The van der Waals surface area contributed by atoms with Crippen molar-refractivity contribution in [1.82, 2.24) is 5.32 Å². The van der Waals surface area contributed by atoms with E-state index in [1.165, 1.54) is 5.56 Å². The van der Waals surface area contributed by atoms with Crippen LogP contribution >= 0.6 is 0 Å². The van der Waals surface area contributed by atoms with Crippen molar-refractivity contribution < 1.29 is 4.74 Å². The van der Waals surface area contributed by atoms with Crippen LogP contribution in [0.2, 0.25) is 0 Å². The zero-order chi connectivity index (χ0) is 13.2. The van der Waals surface area contributed by atoms with Gasteiger partial charge in [-0.15, -0.1) is 11.8 Å². The molecule has 2 heteroatoms. The Kier molecular flexibility index (Phi) is 6.98. The van der Waals surface area contributed by atoms with E-state index < -0.39 is 0 Å². The summed E-state index contributed by atoms with van der Waals surface area (Å²) in [6.45, 7) is 7.82. The van der Waals surface area contributed by atoms with Crippen LogP contribution in [0.3, 0.4) is 0 Å². The summed E-state index contributed by atoms with van der Waals surface area (Å²) in [6, 6.07) is 8.58. The Morgan fingerprint density at radius 1 is 1.33 bits per heavy atom. The van der Waals surface area contributed by atoms with Crippen molar-refractivity contribution in [3.05, 3.63) is 29.8 Å². The van der Waals surface area contributed by atoms with E-state index in [0.717, 1.165) is 31.7 Å². The van der Waals surface area contributed by atoms with Gasteiger partial charge < -0.3 is 10.1 Å². The SMILES string of the molecule is CC#CCC(NCC)c1cccc(OCCC)c1. The van der Waals surface area contributed by atoms with Crippen molar-refractivity contribution in [2.75, 3.05) is 13.2 Å². The molecule has 0 saturated carbocycles. The number of ether oxygens (including phenoxy) is 1. The molecule has 0 aliphatic heterocycles. The van der Waals surface area contributed by atoms with E-state index in [9.17, 15) is 0 Å². The Labute approximate surface area is 111 Å². The Balaban J connectivity index is 2.78. The monoisotopic (exact) mass is 245 g/mol. The first-order valence-electron chi connectivity index (χ1n) is 6.67. The molecule has 0 aromatic heterocycles. The molecule has 0 bridgehead atoms. The van der Waals surface area contributed by atoms with Crippen molar-refractivity contribution in [3.63, 3.8) is 0 Å². The molecule has 1 aromatic rings. The Bertz CT molecular complexity index is 403. The quantitative estimate of drug-likeness (QED) is 0.742. The van der Waals surface area contributed by atoms with Gasteiger partial charge >= 0.3 is 0 Å². The van der Waals surface area contributed by atoms with E-state index in [2.05, 4.69) is 43.1 Å². The summed E-state index contributed by atoms with van der Waals surface area (Å²) >= 11 is 0. The highest BCUT2D eigenvalue weighted by Gasteiger charge is 2.09. The molecule has 0 heterocycles. The van der Waals surface area contributed by atoms with Gasteiger partial charge in [-0.05, 0) is 37.6 Å². The van der Waals surface area contributed by atoms with Gasteiger partial charge in [-0.2, -0.15) is 0 Å². The second kappa shape index (κ2) is 8.60. The van der Waals surface area contributed by atoms with Crippen LogP contribution < -0.4 is 10.1 Å². The largest absolute Gasteiger partial charge is 0.494 e. The van der Waals surface area contributed by atoms with E-state index in [0.29, 0.717) is 0 Å². The number of nitrogens with one attached hydrogen (secondary N) is 1. The van der Waals surface area contributed by atoms with Gasteiger partial charge in [0.2, 0.25) is 0 Å². The highest BCUT2D eigenvalue weighted by atomic mass is 16.5. The van der Waals surface area contributed by atoms with E-state index in [1.807, 2.05) is 19.1 Å². The summed E-state index contributed by atoms with van der Waals surface area (Å²) in [5.41, 5.74) is 1.24. The molecule has 2 nitrogen and oxygen atoms in total. The predicted molar refractivity (Wildman–Crippen MR) is 76.7 cm³/mol. The lowest BCUT2D eigenvalue weighted by molar-refractivity contribution is 0.316. The van der Waals surface area contributed by atoms with Crippen molar-refractivity contribution in [3.8, 4) is 17.6 Å². The lowest BCUT2D eigenvalue weighted by atomic mass is 10.0. The summed E-state index contributed by atoms with van der Waals surface area (Å²) in [6.07, 6.45) is 1.86. The maximum Gasteiger partial charge on any atom is 0.119 e. The van der Waals surface area contributed by atoms with Crippen LogP contribution in [0.5, 0.6) is 5.75 Å². The van der Waals surface area contributed by atoms with Crippen molar-refractivity contribution in [2.24, 2.45) is 0 Å². The van der Waals surface area contributed by atoms with Crippen LogP contribution in [-0.2, 0) is 0 Å². The third-order valence-corrected chi connectivity index (χ3v) is 2.67. The van der Waals surface area contributed by atoms with E-state index in [-0.39, 0.29) is 6.04 Å². The first-order chi connectivity index (χ1) is 8.81. The molecule has 1 rings (SSSR count). The number of hydrogen-bond donors (Lipinski definition) is 1. The lowest BCUT2D eigenvalue weighted by Crippen LogP contribution is -2.20. The minimum absolute atomic E-state index is 0.285. The normalized spacial score (nSPS) is 11.5. The Hall–Kier alpha value is -1.46. The van der Waals surface area contributed by atoms with Gasteiger partial charge in [0.25, 0.3) is 0 Å². The summed E-state index contributed by atoms with van der Waals surface area (Å²) in [4.78, 5) is 0. The molecule has 0 radical (unpaired) electrons. The minimum Gasteiger partial charge on any atom is -0.494 e. The van der Waals surface area contributed by atoms with Gasteiger partial charge in [-0.1, -0.05) is 26.0 Å². The van der Waals surface area contributed by atoms with Gasteiger partial charge in [-0.25, -0.2) is 0 Å². The summed E-state index contributed by atoms with van der Waals surface area (Å²) in [5.74, 6) is 7.04. The van der Waals surface area contributed by atoms with Gasteiger partial charge in [0, 0.05) is 12.5 Å². The third-order valence-electron chi connectivity index (χ3n) is 2.67. The highest BCUT2D eigenvalue weighted by molar-refractivity contribution is 5.31. The number of rotatable bonds is 7. The van der Waals surface area contributed by atoms with E-state index >= 15 is 0 Å². The molecule has 0 aliphatic carbocycles. The van der Waals surface area contributed by atoms with Gasteiger partial charge in [0.15, 0.2) is 0 Å². The van der Waals surface area contributed by atoms with Gasteiger partial charge in [0.1, 0.15) is 5.75 Å². The van der Waals surface area contributed by atoms with Crippen LogP contribution in [-0.4, -0.2) is 13.2 Å². The standard InChI is InChI=1S/C16H23NO/c1-4-7-11-16(17-6-3)14-9-8-10-15(13-14)18-12-5-2/h8-10,13,16-17H,5-6,11-12H2,1-3H3. The molecule has 1 N–H and O–H groups in total. The predicted octanol–water partition coefficient (Wildman–Crippen LogP) is 3.54. The molecule has 18 heavy (non-hydrogen) atoms. The first-order valence-corrected chi connectivity index (χ1v) is 6.67. The summed E-state index contributed by atoms with van der Waals surface area (Å²) in [7, 11) is 0. The van der Waals surface area contributed by atoms with Gasteiger partial charge in [0.05, 0.1) is 6.61 Å². The van der Waals surface area contributed by atoms with Crippen LogP contribution in [0.15, 0.2) is 24.3 Å². The molecule has 1 unspecified atom stereocenters. The molecule has 0 spiro atoms. The topological polar surface area (TPSA) is 21.3 Å². The third kappa shape index (κ3) is 4.81. The van der Waals surface area contributed by atoms with Crippen molar-refractivity contribution in [2.45, 2.75) is 39.7 Å². The average Bonchev–Trinajstić information content (AvgIpc) is 2.41. The fraction of sp³-hybridized carbons (Fsp3) is 0.500. The smallest absolute Gasteiger partial charge is 0.119 e. The average molecular weight is 245 g/mol. The molecule has 1 aromatic carbocycles. The molecule has 0 aliphatic rings. The number of hydrogen-bond acceptors (Lipinski definition) is 2. The van der Waals surface area contributed by atoms with Crippen LogP contribution in [0, 0.1) is 11.8 Å². The van der Waals surface area contributed by atoms with Crippen molar-refractivity contribution in [1.29, 1.82) is 0 Å². The zero-order valence-electron chi connectivity index (χ0n) is 11.6. The van der Waals surface area contributed by atoms with Gasteiger partial charge in [-0.3, -0.25) is 0 Å². The molecule has 1 atom stereocenters. The second-order valence-electron chi connectivity index (χ2n) is 4.16. The summed E-state index contributed by atoms with van der Waals surface area (Å²) < 4.78 is 5.66. The molecule has 0 amide bonds. The maximum absolute atomic E-state index is 5.66. The van der Waals surface area contributed by atoms with Crippen LogP contribution in [0.1, 0.15) is 45.2 Å². The Morgan fingerprint density at radius 2 is 2.17 bits per heavy atom.